The van der Waals surface area contributed by atoms with Gasteiger partial charge in [0.15, 0.2) is 12.4 Å². The highest BCUT2D eigenvalue weighted by molar-refractivity contribution is 6.02. The number of carbonyl (C=O) groups excluding carboxylic acids is 5. The summed E-state index contributed by atoms with van der Waals surface area (Å²) in [5.41, 5.74) is 0.949. The van der Waals surface area contributed by atoms with E-state index in [2.05, 4.69) is 20.9 Å². The molecule has 3 amide bonds. The predicted octanol–water partition coefficient (Wildman–Crippen LogP) is 1.54. The lowest BCUT2D eigenvalue weighted by atomic mass is 9.95. The molecule has 4 rings (SSSR count). The number of ether oxygens (including phenoxy) is 2. The third-order valence-electron chi connectivity index (χ3n) is 7.80. The minimum absolute atomic E-state index is 0.0287. The summed E-state index contributed by atoms with van der Waals surface area (Å²) in [7, 11) is 1.50. The lowest BCUT2D eigenvalue weighted by molar-refractivity contribution is -0.152. The number of hydrogen-bond donors (Lipinski definition) is 4. The second kappa shape index (κ2) is 13.8. The second-order valence-electron chi connectivity index (χ2n) is 11.4. The van der Waals surface area contributed by atoms with Crippen molar-refractivity contribution in [2.75, 3.05) is 33.8 Å². The number of hydrogen-bond acceptors (Lipinski definition) is 8. The summed E-state index contributed by atoms with van der Waals surface area (Å²) in [6.45, 7) is 4.34. The number of fused-ring (bicyclic) bond motifs is 1. The Balaban J connectivity index is 1.46. The van der Waals surface area contributed by atoms with Crippen molar-refractivity contribution in [3.63, 3.8) is 0 Å². The van der Waals surface area contributed by atoms with Gasteiger partial charge in [-0.3, -0.25) is 28.9 Å². The topological polar surface area (TPSA) is 159 Å². The van der Waals surface area contributed by atoms with Crippen LogP contribution in [0.2, 0.25) is 0 Å². The van der Waals surface area contributed by atoms with Gasteiger partial charge in [-0.15, -0.1) is 0 Å². The smallest absolute Gasteiger partial charge is 0.323 e. The highest BCUT2D eigenvalue weighted by Crippen LogP contribution is 2.26. The first-order chi connectivity index (χ1) is 20.6. The van der Waals surface area contributed by atoms with Gasteiger partial charge in [0.05, 0.1) is 13.2 Å². The lowest BCUT2D eigenvalue weighted by Gasteiger charge is -2.25. The van der Waals surface area contributed by atoms with Gasteiger partial charge in [-0.1, -0.05) is 19.9 Å². The molecule has 0 saturated carbocycles. The number of nitrogens with one attached hydrogen (secondary N) is 4. The van der Waals surface area contributed by atoms with Gasteiger partial charge in [0.2, 0.25) is 11.8 Å². The molecule has 1 aromatic carbocycles. The summed E-state index contributed by atoms with van der Waals surface area (Å²) in [5, 5.41) is 8.98. The Hall–Kier alpha value is -3.93. The van der Waals surface area contributed by atoms with Crippen molar-refractivity contribution in [3.05, 3.63) is 30.0 Å². The van der Waals surface area contributed by atoms with Crippen LogP contribution in [0.3, 0.4) is 0 Å². The highest BCUT2D eigenvalue weighted by Gasteiger charge is 2.35. The van der Waals surface area contributed by atoms with E-state index in [0.29, 0.717) is 43.6 Å². The van der Waals surface area contributed by atoms with Crippen LogP contribution in [0.25, 0.3) is 10.9 Å². The maximum absolute atomic E-state index is 13.6. The maximum atomic E-state index is 13.6. The molecule has 228 valence electrons. The van der Waals surface area contributed by atoms with Crippen molar-refractivity contribution in [1.82, 2.24) is 25.8 Å². The van der Waals surface area contributed by atoms with Crippen LogP contribution in [0, 0.1) is 11.8 Å². The van der Waals surface area contributed by atoms with Crippen molar-refractivity contribution in [1.29, 1.82) is 0 Å². The zero-order valence-corrected chi connectivity index (χ0v) is 24.4. The number of carbonyl (C=O) groups is 5. The standard InChI is InChI=1S/C30H41N5O7/c1-17(2)13-22(34-29(39)23-15-19-20(32-23)7-5-9-26(19)41-4)28(38)33-21(14-18-10-11-31-27(18)37)25(36)16-42-30(40)24-8-6-12-35(24)3/h5,7,9,15,17-18,21-22,24,32H,6,8,10-14,16H2,1-4H3,(H,31,37)(H,33,38)(H,34,39)/t18-,21-,22-,24-/m0/s1/i3D. The van der Waals surface area contributed by atoms with E-state index in [9.17, 15) is 24.0 Å². The first-order valence-electron chi connectivity index (χ1n) is 15.1. The number of methoxy groups -OCH3 is 1. The van der Waals surface area contributed by atoms with Crippen molar-refractivity contribution < 1.29 is 34.8 Å². The van der Waals surface area contributed by atoms with Crippen LogP contribution in [-0.4, -0.2) is 91.3 Å². The number of Topliss-reactive ketones (excluding diaryl/α,β-unsaturated/α-hetero) is 1. The molecule has 2 fully saturated rings. The Morgan fingerprint density at radius 3 is 2.67 bits per heavy atom. The minimum Gasteiger partial charge on any atom is -0.496 e. The number of benzene rings is 1. The Labute approximate surface area is 246 Å². The van der Waals surface area contributed by atoms with Gasteiger partial charge in [-0.05, 0) is 69.8 Å². The Kier molecular flexibility index (Phi) is 9.73. The summed E-state index contributed by atoms with van der Waals surface area (Å²) < 4.78 is 18.3. The summed E-state index contributed by atoms with van der Waals surface area (Å²) >= 11 is 0. The van der Waals surface area contributed by atoms with Crippen LogP contribution < -0.4 is 20.7 Å². The third kappa shape index (κ3) is 7.47. The Morgan fingerprint density at radius 2 is 1.98 bits per heavy atom. The molecule has 12 nitrogen and oxygen atoms in total. The van der Waals surface area contributed by atoms with Crippen LogP contribution in [0.5, 0.6) is 5.75 Å². The van der Waals surface area contributed by atoms with E-state index in [1.165, 1.54) is 0 Å². The number of aromatic amines is 1. The first kappa shape index (κ1) is 29.6. The number of nitrogens with zero attached hydrogens (tertiary/aromatic N) is 1. The average molecular weight is 585 g/mol. The Morgan fingerprint density at radius 1 is 1.17 bits per heavy atom. The van der Waals surface area contributed by atoms with Crippen molar-refractivity contribution in [3.8, 4) is 5.75 Å². The van der Waals surface area contributed by atoms with E-state index in [4.69, 9.17) is 10.8 Å². The summed E-state index contributed by atoms with van der Waals surface area (Å²) in [5.74, 6) is -2.27. The molecule has 0 spiro atoms. The summed E-state index contributed by atoms with van der Waals surface area (Å²) in [6.07, 6.45) is 2.16. The number of likely N-dealkylation sites (N-methyl/N-ethyl adjacent to an activating group) is 1. The largest absolute Gasteiger partial charge is 0.496 e. The molecule has 12 heteroatoms. The number of ketones is 1. The number of H-pyrrole nitrogens is 1. The summed E-state index contributed by atoms with van der Waals surface area (Å²) in [4.78, 5) is 69.8. The van der Waals surface area contributed by atoms with Crippen LogP contribution in [-0.2, 0) is 23.9 Å². The second-order valence-corrected chi connectivity index (χ2v) is 11.4. The molecule has 2 aliphatic rings. The number of rotatable bonds is 13. The van der Waals surface area contributed by atoms with Crippen LogP contribution >= 0.6 is 0 Å². The van der Waals surface area contributed by atoms with Gasteiger partial charge in [-0.2, -0.15) is 0 Å². The number of esters is 1. The summed E-state index contributed by atoms with van der Waals surface area (Å²) in [6, 6.07) is 4.40. The molecule has 3 heterocycles. The maximum Gasteiger partial charge on any atom is 0.323 e. The number of likely N-dealkylation sites (tertiary alicyclic amines) is 1. The number of amides is 3. The van der Waals surface area contributed by atoms with Crippen molar-refractivity contribution in [2.24, 2.45) is 11.8 Å². The van der Waals surface area contributed by atoms with Crippen LogP contribution in [0.1, 0.15) is 57.8 Å². The van der Waals surface area contributed by atoms with Crippen LogP contribution in [0.4, 0.5) is 0 Å². The molecule has 42 heavy (non-hydrogen) atoms. The first-order valence-corrected chi connectivity index (χ1v) is 14.4. The molecule has 2 saturated heterocycles. The fourth-order valence-electron chi connectivity index (χ4n) is 5.50. The van der Waals surface area contributed by atoms with E-state index in [0.717, 1.165) is 11.8 Å². The SMILES string of the molecule is [2H]CN1CCC[C@H]1C(=O)OCC(=O)[C@H](C[C@@H]1CCNC1=O)NC(=O)[C@H](CC(C)C)NC(=O)c1cc2c(OC)cccc2[nH]1. The van der Waals surface area contributed by atoms with Gasteiger partial charge < -0.3 is 30.4 Å². The van der Waals surface area contributed by atoms with Gasteiger partial charge in [0.25, 0.3) is 5.91 Å². The minimum atomic E-state index is -1.10. The average Bonchev–Trinajstić information content (AvgIpc) is 3.74. The molecule has 4 N–H and O–H groups in total. The lowest BCUT2D eigenvalue weighted by Crippen LogP contribution is -2.53. The predicted molar refractivity (Wildman–Crippen MR) is 155 cm³/mol. The van der Waals surface area contributed by atoms with Crippen molar-refractivity contribution >= 4 is 40.4 Å². The third-order valence-corrected chi connectivity index (χ3v) is 7.80. The van der Waals surface area contributed by atoms with E-state index >= 15 is 0 Å². The molecule has 0 bridgehead atoms. The molecule has 2 aliphatic heterocycles. The number of aromatic nitrogens is 1. The Bertz CT molecular complexity index is 1350. The quantitative estimate of drug-likeness (QED) is 0.258. The monoisotopic (exact) mass is 584 g/mol. The van der Waals surface area contributed by atoms with E-state index < -0.39 is 54.2 Å². The molecule has 0 aliphatic carbocycles. The van der Waals surface area contributed by atoms with Crippen LogP contribution in [0.15, 0.2) is 24.3 Å². The van der Waals surface area contributed by atoms with Gasteiger partial charge >= 0.3 is 5.97 Å². The highest BCUT2D eigenvalue weighted by atomic mass is 16.5. The fraction of sp³-hybridized carbons (Fsp3) is 0.567. The fourth-order valence-corrected chi connectivity index (χ4v) is 5.50. The van der Waals surface area contributed by atoms with E-state index in [1.807, 2.05) is 19.9 Å². The molecule has 2 aromatic rings. The van der Waals surface area contributed by atoms with Gasteiger partial charge in [0, 0.05) is 24.7 Å². The van der Waals surface area contributed by atoms with E-state index in [1.54, 1.807) is 30.2 Å². The molecule has 0 radical (unpaired) electrons. The van der Waals surface area contributed by atoms with Crippen molar-refractivity contribution in [2.45, 2.75) is 64.1 Å². The van der Waals surface area contributed by atoms with Gasteiger partial charge in [0.1, 0.15) is 23.5 Å². The molecular weight excluding hydrogens is 542 g/mol. The zero-order chi connectivity index (χ0) is 31.1. The molecular formula is C30H41N5O7. The molecule has 4 atom stereocenters. The normalized spacial score (nSPS) is 20.6. The molecule has 0 unspecified atom stereocenters. The zero-order valence-electron chi connectivity index (χ0n) is 25.4. The van der Waals surface area contributed by atoms with Gasteiger partial charge in [-0.25, -0.2) is 0 Å². The molecule has 1 aromatic heterocycles. The van der Waals surface area contributed by atoms with E-state index in [-0.39, 0.29) is 31.0 Å².